The van der Waals surface area contributed by atoms with Gasteiger partial charge in [-0.15, -0.1) is 0 Å². The highest BCUT2D eigenvalue weighted by atomic mass is 35.5. The zero-order valence-electron chi connectivity index (χ0n) is 11.6. The summed E-state index contributed by atoms with van der Waals surface area (Å²) in [4.78, 5) is 11.7. The van der Waals surface area contributed by atoms with Crippen LogP contribution in [0.1, 0.15) is 17.4 Å². The summed E-state index contributed by atoms with van der Waals surface area (Å²) in [6, 6.07) is 10.9. The maximum Gasteiger partial charge on any atom is 0.244 e. The van der Waals surface area contributed by atoms with Crippen LogP contribution in [0, 0.1) is 0 Å². The van der Waals surface area contributed by atoms with Crippen LogP contribution in [0.4, 0.5) is 0 Å². The van der Waals surface area contributed by atoms with Crippen LogP contribution in [0.25, 0.3) is 6.08 Å². The zero-order chi connectivity index (χ0) is 15.1. The Hall–Kier alpha value is -2.04. The summed E-state index contributed by atoms with van der Waals surface area (Å²) in [5.41, 5.74) is 0.844. The molecule has 0 saturated carbocycles. The predicted octanol–water partition coefficient (Wildman–Crippen LogP) is 3.45. The van der Waals surface area contributed by atoms with E-state index in [-0.39, 0.29) is 12.0 Å². The Labute approximate surface area is 128 Å². The standard InChI is InChI=1S/C16H16ClNO3/c1-20-15(13-6-2-3-7-14(13)17)11-18-16(19)9-8-12-5-4-10-21-12/h2-10,15H,11H2,1H3,(H,18,19). The normalized spacial score (nSPS) is 12.5. The van der Waals surface area contributed by atoms with E-state index in [1.807, 2.05) is 18.2 Å². The molecule has 110 valence electrons. The van der Waals surface area contributed by atoms with Crippen LogP contribution < -0.4 is 5.32 Å². The lowest BCUT2D eigenvalue weighted by atomic mass is 10.1. The SMILES string of the molecule is COC(CNC(=O)C=Cc1ccco1)c1ccccc1Cl. The Balaban J connectivity index is 1.91. The van der Waals surface area contributed by atoms with E-state index in [9.17, 15) is 4.79 Å². The number of carbonyl (C=O) groups excluding carboxylic acids is 1. The third-order valence-corrected chi connectivity index (χ3v) is 3.28. The van der Waals surface area contributed by atoms with Gasteiger partial charge in [-0.1, -0.05) is 29.8 Å². The van der Waals surface area contributed by atoms with Crippen molar-refractivity contribution in [3.8, 4) is 0 Å². The summed E-state index contributed by atoms with van der Waals surface area (Å²) >= 11 is 6.12. The number of halogens is 1. The minimum absolute atomic E-state index is 0.222. The molecule has 0 aliphatic heterocycles. The van der Waals surface area contributed by atoms with Crippen molar-refractivity contribution in [2.75, 3.05) is 13.7 Å². The van der Waals surface area contributed by atoms with Gasteiger partial charge < -0.3 is 14.5 Å². The number of rotatable bonds is 6. The van der Waals surface area contributed by atoms with Crippen molar-refractivity contribution in [2.45, 2.75) is 6.10 Å². The molecule has 0 radical (unpaired) electrons. The van der Waals surface area contributed by atoms with Gasteiger partial charge in [-0.05, 0) is 24.3 Å². The highest BCUT2D eigenvalue weighted by Crippen LogP contribution is 2.24. The summed E-state index contributed by atoms with van der Waals surface area (Å²) in [6.45, 7) is 0.335. The molecule has 0 spiro atoms. The van der Waals surface area contributed by atoms with Crippen molar-refractivity contribution >= 4 is 23.6 Å². The molecule has 21 heavy (non-hydrogen) atoms. The lowest BCUT2D eigenvalue weighted by Crippen LogP contribution is -2.27. The van der Waals surface area contributed by atoms with E-state index in [0.29, 0.717) is 17.3 Å². The van der Waals surface area contributed by atoms with Crippen LogP contribution in [0.5, 0.6) is 0 Å². The Bertz CT molecular complexity index is 608. The van der Waals surface area contributed by atoms with Gasteiger partial charge in [0, 0.05) is 30.3 Å². The first-order chi connectivity index (χ1) is 10.2. The van der Waals surface area contributed by atoms with Crippen molar-refractivity contribution in [3.63, 3.8) is 0 Å². The Morgan fingerprint density at radius 1 is 1.38 bits per heavy atom. The van der Waals surface area contributed by atoms with Crippen molar-refractivity contribution in [1.29, 1.82) is 0 Å². The summed E-state index contributed by atoms with van der Waals surface area (Å²) in [5.74, 6) is 0.403. The molecule has 0 fully saturated rings. The molecule has 4 nitrogen and oxygen atoms in total. The molecule has 0 aliphatic rings. The smallest absolute Gasteiger partial charge is 0.244 e. The number of ether oxygens (including phenoxy) is 1. The zero-order valence-corrected chi connectivity index (χ0v) is 12.3. The molecule has 1 unspecified atom stereocenters. The molecule has 0 saturated heterocycles. The van der Waals surface area contributed by atoms with Gasteiger partial charge >= 0.3 is 0 Å². The van der Waals surface area contributed by atoms with Crippen molar-refractivity contribution in [2.24, 2.45) is 0 Å². The molecule has 1 amide bonds. The number of amides is 1. The van der Waals surface area contributed by atoms with E-state index in [1.54, 1.807) is 37.6 Å². The van der Waals surface area contributed by atoms with Gasteiger partial charge in [0.1, 0.15) is 11.9 Å². The molecule has 1 N–H and O–H groups in total. The minimum atomic E-state index is -0.292. The van der Waals surface area contributed by atoms with Crippen LogP contribution in [-0.2, 0) is 9.53 Å². The van der Waals surface area contributed by atoms with Crippen molar-refractivity contribution in [3.05, 3.63) is 65.1 Å². The van der Waals surface area contributed by atoms with Crippen LogP contribution in [-0.4, -0.2) is 19.6 Å². The number of methoxy groups -OCH3 is 1. The van der Waals surface area contributed by atoms with E-state index in [0.717, 1.165) is 5.56 Å². The fourth-order valence-electron chi connectivity index (χ4n) is 1.85. The highest BCUT2D eigenvalue weighted by Gasteiger charge is 2.14. The second-order valence-corrected chi connectivity index (χ2v) is 4.75. The topological polar surface area (TPSA) is 51.5 Å². The summed E-state index contributed by atoms with van der Waals surface area (Å²) in [6.07, 6.45) is 4.28. The average Bonchev–Trinajstić information content (AvgIpc) is 3.01. The number of hydrogen-bond donors (Lipinski definition) is 1. The van der Waals surface area contributed by atoms with Gasteiger partial charge in [-0.3, -0.25) is 4.79 Å². The molecule has 1 atom stereocenters. The van der Waals surface area contributed by atoms with E-state index in [4.69, 9.17) is 20.8 Å². The van der Waals surface area contributed by atoms with Gasteiger partial charge in [0.2, 0.25) is 5.91 Å². The Morgan fingerprint density at radius 3 is 2.86 bits per heavy atom. The van der Waals surface area contributed by atoms with Crippen molar-refractivity contribution < 1.29 is 13.9 Å². The first-order valence-corrected chi connectivity index (χ1v) is 6.85. The molecule has 1 aromatic heterocycles. The largest absolute Gasteiger partial charge is 0.465 e. The van der Waals surface area contributed by atoms with E-state index >= 15 is 0 Å². The highest BCUT2D eigenvalue weighted by molar-refractivity contribution is 6.31. The van der Waals surface area contributed by atoms with Crippen molar-refractivity contribution in [1.82, 2.24) is 5.32 Å². The lowest BCUT2D eigenvalue weighted by Gasteiger charge is -2.17. The number of nitrogens with one attached hydrogen (secondary N) is 1. The summed E-state index contributed by atoms with van der Waals surface area (Å²) < 4.78 is 10.5. The number of benzene rings is 1. The summed E-state index contributed by atoms with van der Waals surface area (Å²) in [5, 5.41) is 3.39. The number of hydrogen-bond acceptors (Lipinski definition) is 3. The lowest BCUT2D eigenvalue weighted by molar-refractivity contribution is -0.117. The third-order valence-electron chi connectivity index (χ3n) is 2.94. The van der Waals surface area contributed by atoms with E-state index in [2.05, 4.69) is 5.32 Å². The van der Waals surface area contributed by atoms with Gasteiger partial charge in [-0.2, -0.15) is 0 Å². The summed E-state index contributed by atoms with van der Waals surface area (Å²) in [7, 11) is 1.58. The van der Waals surface area contributed by atoms with Gasteiger partial charge in [-0.25, -0.2) is 0 Å². The fourth-order valence-corrected chi connectivity index (χ4v) is 2.11. The average molecular weight is 306 g/mol. The first-order valence-electron chi connectivity index (χ1n) is 6.47. The van der Waals surface area contributed by atoms with Crippen LogP contribution in [0.3, 0.4) is 0 Å². The molecule has 2 rings (SSSR count). The van der Waals surface area contributed by atoms with Gasteiger partial charge in [0.15, 0.2) is 0 Å². The maximum atomic E-state index is 11.7. The van der Waals surface area contributed by atoms with Crippen LogP contribution >= 0.6 is 11.6 Å². The molecular weight excluding hydrogens is 290 g/mol. The number of furan rings is 1. The molecule has 0 aliphatic carbocycles. The van der Waals surface area contributed by atoms with Crippen LogP contribution in [0.15, 0.2) is 53.2 Å². The second-order valence-electron chi connectivity index (χ2n) is 4.34. The molecular formula is C16H16ClNO3. The van der Waals surface area contributed by atoms with Gasteiger partial charge in [0.25, 0.3) is 0 Å². The third kappa shape index (κ3) is 4.48. The molecule has 1 aromatic carbocycles. The van der Waals surface area contributed by atoms with E-state index < -0.39 is 0 Å². The monoisotopic (exact) mass is 305 g/mol. The molecule has 2 aromatic rings. The predicted molar refractivity (Wildman–Crippen MR) is 82.0 cm³/mol. The molecule has 1 heterocycles. The molecule has 0 bridgehead atoms. The Kier molecular flexibility index (Phi) is 5.60. The second kappa shape index (κ2) is 7.67. The Morgan fingerprint density at radius 2 is 2.19 bits per heavy atom. The van der Waals surface area contributed by atoms with E-state index in [1.165, 1.54) is 6.08 Å². The quantitative estimate of drug-likeness (QED) is 0.832. The van der Waals surface area contributed by atoms with Gasteiger partial charge in [0.05, 0.1) is 6.26 Å². The minimum Gasteiger partial charge on any atom is -0.465 e. The van der Waals surface area contributed by atoms with Crippen LogP contribution in [0.2, 0.25) is 5.02 Å². The fraction of sp³-hybridized carbons (Fsp3) is 0.188. The maximum absolute atomic E-state index is 11.7. The first kappa shape index (κ1) is 15.4. The number of carbonyl (C=O) groups is 1. The molecule has 5 heteroatoms.